The van der Waals surface area contributed by atoms with E-state index >= 15 is 0 Å². The first-order chi connectivity index (χ1) is 6.33. The van der Waals surface area contributed by atoms with Gasteiger partial charge >= 0.3 is 0 Å². The topological polar surface area (TPSA) is 15.3 Å². The van der Waals surface area contributed by atoms with Crippen LogP contribution in [0.2, 0.25) is 0 Å². The van der Waals surface area contributed by atoms with Crippen molar-refractivity contribution >= 4 is 0 Å². The molecular weight excluding hydrogens is 167 g/mol. The predicted molar refractivity (Wildman–Crippen MR) is 53.7 cm³/mol. The SMILES string of the molecule is CN1CC[C@H](NCCCCCF)C1. The number of nitrogens with one attached hydrogen (secondary N) is 1. The van der Waals surface area contributed by atoms with Gasteiger partial charge in [0.25, 0.3) is 0 Å². The van der Waals surface area contributed by atoms with Gasteiger partial charge in [-0.25, -0.2) is 0 Å². The van der Waals surface area contributed by atoms with Crippen molar-refractivity contribution in [3.8, 4) is 0 Å². The number of rotatable bonds is 6. The third-order valence-corrected chi connectivity index (χ3v) is 2.63. The van der Waals surface area contributed by atoms with Crippen LogP contribution in [0.15, 0.2) is 0 Å². The normalized spacial score (nSPS) is 24.0. The molecule has 1 aliphatic rings. The number of unbranched alkanes of at least 4 members (excludes halogenated alkanes) is 2. The van der Waals surface area contributed by atoms with E-state index in [9.17, 15) is 4.39 Å². The second-order valence-electron chi connectivity index (χ2n) is 3.95. The highest BCUT2D eigenvalue weighted by atomic mass is 19.1. The van der Waals surface area contributed by atoms with E-state index in [2.05, 4.69) is 17.3 Å². The Bertz CT molecular complexity index is 130. The van der Waals surface area contributed by atoms with Gasteiger partial charge in [0.1, 0.15) is 0 Å². The minimum absolute atomic E-state index is 0.161. The molecule has 1 N–H and O–H groups in total. The molecule has 1 atom stereocenters. The Morgan fingerprint density at radius 2 is 2.23 bits per heavy atom. The summed E-state index contributed by atoms with van der Waals surface area (Å²) in [5.41, 5.74) is 0. The van der Waals surface area contributed by atoms with Gasteiger partial charge in [0.2, 0.25) is 0 Å². The van der Waals surface area contributed by atoms with Crippen LogP contribution < -0.4 is 5.32 Å². The van der Waals surface area contributed by atoms with Gasteiger partial charge < -0.3 is 10.2 Å². The molecule has 0 radical (unpaired) electrons. The molecular formula is C10H21FN2. The van der Waals surface area contributed by atoms with Crippen LogP contribution in [0.25, 0.3) is 0 Å². The minimum Gasteiger partial charge on any atom is -0.313 e. The van der Waals surface area contributed by atoms with Crippen molar-refractivity contribution in [3.05, 3.63) is 0 Å². The fourth-order valence-corrected chi connectivity index (χ4v) is 1.80. The summed E-state index contributed by atoms with van der Waals surface area (Å²) in [4.78, 5) is 2.35. The lowest BCUT2D eigenvalue weighted by atomic mass is 10.2. The number of alkyl halides is 1. The zero-order valence-electron chi connectivity index (χ0n) is 8.56. The molecule has 0 aliphatic carbocycles. The van der Waals surface area contributed by atoms with Crippen molar-refractivity contribution in [1.82, 2.24) is 10.2 Å². The number of halogens is 1. The van der Waals surface area contributed by atoms with Gasteiger partial charge in [-0.05, 0) is 45.8 Å². The van der Waals surface area contributed by atoms with Crippen LogP contribution in [0.5, 0.6) is 0 Å². The lowest BCUT2D eigenvalue weighted by Gasteiger charge is -2.12. The van der Waals surface area contributed by atoms with Crippen molar-refractivity contribution in [3.63, 3.8) is 0 Å². The third-order valence-electron chi connectivity index (χ3n) is 2.63. The maximum atomic E-state index is 11.7. The first kappa shape index (κ1) is 10.9. The average molecular weight is 188 g/mol. The van der Waals surface area contributed by atoms with Crippen LogP contribution in [0, 0.1) is 0 Å². The molecule has 0 amide bonds. The van der Waals surface area contributed by atoms with Crippen LogP contribution >= 0.6 is 0 Å². The second-order valence-corrected chi connectivity index (χ2v) is 3.95. The van der Waals surface area contributed by atoms with E-state index < -0.39 is 0 Å². The van der Waals surface area contributed by atoms with Crippen LogP contribution in [0.3, 0.4) is 0 Å². The van der Waals surface area contributed by atoms with Gasteiger partial charge in [0.05, 0.1) is 6.67 Å². The van der Waals surface area contributed by atoms with E-state index in [0.717, 1.165) is 25.8 Å². The monoisotopic (exact) mass is 188 g/mol. The maximum absolute atomic E-state index is 11.7. The van der Waals surface area contributed by atoms with E-state index in [1.54, 1.807) is 0 Å². The molecule has 0 aromatic heterocycles. The Kier molecular flexibility index (Phi) is 5.32. The molecule has 1 aliphatic heterocycles. The Labute approximate surface area is 80.5 Å². The predicted octanol–water partition coefficient (Wildman–Crippen LogP) is 1.42. The van der Waals surface area contributed by atoms with Crippen molar-refractivity contribution in [2.45, 2.75) is 31.7 Å². The van der Waals surface area contributed by atoms with E-state index in [1.807, 2.05) is 0 Å². The Balaban J connectivity index is 1.88. The number of likely N-dealkylation sites (tertiary alicyclic amines) is 1. The van der Waals surface area contributed by atoms with Crippen molar-refractivity contribution in [1.29, 1.82) is 0 Å². The van der Waals surface area contributed by atoms with Gasteiger partial charge in [-0.3, -0.25) is 4.39 Å². The molecule has 0 unspecified atom stereocenters. The zero-order chi connectivity index (χ0) is 9.52. The second kappa shape index (κ2) is 6.33. The third kappa shape index (κ3) is 4.58. The number of nitrogens with zero attached hydrogens (tertiary/aromatic N) is 1. The number of hydrogen-bond acceptors (Lipinski definition) is 2. The largest absolute Gasteiger partial charge is 0.313 e. The summed E-state index contributed by atoms with van der Waals surface area (Å²) in [6, 6.07) is 0.676. The Morgan fingerprint density at radius 1 is 1.38 bits per heavy atom. The van der Waals surface area contributed by atoms with Gasteiger partial charge in [-0.2, -0.15) is 0 Å². The average Bonchev–Trinajstić information content (AvgIpc) is 2.51. The zero-order valence-corrected chi connectivity index (χ0v) is 8.56. The van der Waals surface area contributed by atoms with Crippen LogP contribution in [-0.4, -0.2) is 44.3 Å². The summed E-state index contributed by atoms with van der Waals surface area (Å²) in [6.07, 6.45) is 4.13. The highest BCUT2D eigenvalue weighted by Gasteiger charge is 2.17. The van der Waals surface area contributed by atoms with Crippen LogP contribution in [0.4, 0.5) is 4.39 Å². The van der Waals surface area contributed by atoms with Crippen molar-refractivity contribution in [2.24, 2.45) is 0 Å². The fourth-order valence-electron chi connectivity index (χ4n) is 1.80. The standard InChI is InChI=1S/C10H21FN2/c1-13-8-5-10(9-13)12-7-4-2-3-6-11/h10,12H,2-9H2,1H3/t10-/m0/s1. The molecule has 0 aromatic carbocycles. The Morgan fingerprint density at radius 3 is 2.85 bits per heavy atom. The molecule has 0 spiro atoms. The number of hydrogen-bond donors (Lipinski definition) is 1. The molecule has 1 heterocycles. The highest BCUT2D eigenvalue weighted by Crippen LogP contribution is 2.06. The quantitative estimate of drug-likeness (QED) is 0.634. The van der Waals surface area contributed by atoms with E-state index in [1.165, 1.54) is 19.5 Å². The number of likely N-dealkylation sites (N-methyl/N-ethyl adjacent to an activating group) is 1. The summed E-state index contributed by atoms with van der Waals surface area (Å²) in [7, 11) is 2.16. The lowest BCUT2D eigenvalue weighted by molar-refractivity contribution is 0.395. The molecule has 0 saturated carbocycles. The van der Waals surface area contributed by atoms with Crippen LogP contribution in [0.1, 0.15) is 25.7 Å². The molecule has 1 saturated heterocycles. The van der Waals surface area contributed by atoms with Crippen molar-refractivity contribution < 1.29 is 4.39 Å². The van der Waals surface area contributed by atoms with Crippen LogP contribution in [-0.2, 0) is 0 Å². The van der Waals surface area contributed by atoms with Gasteiger partial charge in [-0.15, -0.1) is 0 Å². The summed E-state index contributed by atoms with van der Waals surface area (Å²) in [6.45, 7) is 3.27. The first-order valence-electron chi connectivity index (χ1n) is 5.31. The van der Waals surface area contributed by atoms with Gasteiger partial charge in [0, 0.05) is 12.6 Å². The fraction of sp³-hybridized carbons (Fsp3) is 1.00. The highest BCUT2D eigenvalue weighted by molar-refractivity contribution is 4.78. The van der Waals surface area contributed by atoms with Crippen molar-refractivity contribution in [2.75, 3.05) is 33.4 Å². The minimum atomic E-state index is -0.161. The molecule has 1 rings (SSSR count). The molecule has 0 aromatic rings. The Hall–Kier alpha value is -0.150. The summed E-state index contributed by atoms with van der Waals surface area (Å²) < 4.78 is 11.7. The van der Waals surface area contributed by atoms with Gasteiger partial charge in [-0.1, -0.05) is 0 Å². The molecule has 78 valence electrons. The molecule has 3 heteroatoms. The summed E-state index contributed by atoms with van der Waals surface area (Å²) in [5.74, 6) is 0. The summed E-state index contributed by atoms with van der Waals surface area (Å²) >= 11 is 0. The molecule has 2 nitrogen and oxygen atoms in total. The van der Waals surface area contributed by atoms with E-state index in [-0.39, 0.29) is 6.67 Å². The molecule has 1 fully saturated rings. The summed E-state index contributed by atoms with van der Waals surface area (Å²) in [5, 5.41) is 3.51. The molecule has 0 bridgehead atoms. The molecule has 13 heavy (non-hydrogen) atoms. The first-order valence-corrected chi connectivity index (χ1v) is 5.31. The van der Waals surface area contributed by atoms with E-state index in [4.69, 9.17) is 0 Å². The van der Waals surface area contributed by atoms with E-state index in [0.29, 0.717) is 6.04 Å². The smallest absolute Gasteiger partial charge is 0.0894 e. The van der Waals surface area contributed by atoms with Gasteiger partial charge in [0.15, 0.2) is 0 Å². The lowest BCUT2D eigenvalue weighted by Crippen LogP contribution is -2.32. The maximum Gasteiger partial charge on any atom is 0.0894 e.